The van der Waals surface area contributed by atoms with Gasteiger partial charge in [0.05, 0.1) is 25.4 Å². The van der Waals surface area contributed by atoms with Crippen LogP contribution in [-0.4, -0.2) is 74.5 Å². The highest BCUT2D eigenvalue weighted by molar-refractivity contribution is 5.35. The molecule has 0 radical (unpaired) electrons. The Labute approximate surface area is 218 Å². The Kier molecular flexibility index (Phi) is 10.4. The molecule has 2 rings (SSSR count). The molecule has 0 aliphatic heterocycles. The summed E-state index contributed by atoms with van der Waals surface area (Å²) in [5.74, 6) is 1.13. The minimum Gasteiger partial charge on any atom is -0.497 e. The highest BCUT2D eigenvalue weighted by atomic mass is 16.5. The standard InChI is InChI=1S/C30H48N2O4/c1-11-29(33,23-15-13-17-25(19-23)35-9)21(3)27(31(5)6)28(32(7)8)22(4)30(34,12-2)24-16-14-18-26(20-24)36-10/h13-22,27-28,33-34H,11-12H2,1-10H3/t21-,22?,27?,28?,29-,30?/m1/s1. The Morgan fingerprint density at radius 2 is 1.03 bits per heavy atom. The number of likely N-dealkylation sites (N-methyl/N-ethyl adjacent to an activating group) is 2. The SMILES string of the molecule is CCC(O)(c1cccc(OC)c1)C(C)C(C([C@@H](C)[C@](O)(CC)c1cccc(OC)c1)N(C)C)N(C)C. The van der Waals surface area contributed by atoms with E-state index in [0.717, 1.165) is 22.6 Å². The number of hydrogen-bond donors (Lipinski definition) is 2. The zero-order chi connectivity index (χ0) is 27.3. The van der Waals surface area contributed by atoms with Gasteiger partial charge in [-0.2, -0.15) is 0 Å². The number of benzene rings is 2. The van der Waals surface area contributed by atoms with E-state index in [1.165, 1.54) is 0 Å². The van der Waals surface area contributed by atoms with Crippen molar-refractivity contribution in [2.45, 2.75) is 63.8 Å². The lowest BCUT2D eigenvalue weighted by Crippen LogP contribution is -2.60. The molecular formula is C30H48N2O4. The van der Waals surface area contributed by atoms with Gasteiger partial charge in [0.15, 0.2) is 0 Å². The summed E-state index contributed by atoms with van der Waals surface area (Å²) in [4.78, 5) is 4.38. The molecule has 0 spiro atoms. The first kappa shape index (κ1) is 30.1. The van der Waals surface area contributed by atoms with Crippen LogP contribution in [0.3, 0.4) is 0 Å². The van der Waals surface area contributed by atoms with Gasteiger partial charge in [0.1, 0.15) is 11.5 Å². The normalized spacial score (nSPS) is 18.7. The first-order valence-corrected chi connectivity index (χ1v) is 13.0. The van der Waals surface area contributed by atoms with Crippen LogP contribution < -0.4 is 9.47 Å². The molecule has 36 heavy (non-hydrogen) atoms. The van der Waals surface area contributed by atoms with Crippen molar-refractivity contribution in [1.82, 2.24) is 9.80 Å². The molecule has 2 aromatic rings. The maximum Gasteiger partial charge on any atom is 0.119 e. The maximum atomic E-state index is 12.2. The molecule has 6 nitrogen and oxygen atoms in total. The van der Waals surface area contributed by atoms with Crippen LogP contribution in [-0.2, 0) is 11.2 Å². The summed E-state index contributed by atoms with van der Waals surface area (Å²) in [5, 5.41) is 24.4. The van der Waals surface area contributed by atoms with Gasteiger partial charge in [0.2, 0.25) is 0 Å². The van der Waals surface area contributed by atoms with Crippen molar-refractivity contribution in [1.29, 1.82) is 0 Å². The Balaban J connectivity index is 2.61. The second-order valence-electron chi connectivity index (χ2n) is 10.5. The van der Waals surface area contributed by atoms with E-state index in [9.17, 15) is 10.2 Å². The van der Waals surface area contributed by atoms with E-state index in [1.807, 2.05) is 62.4 Å². The number of ether oxygens (including phenoxy) is 2. The van der Waals surface area contributed by atoms with Crippen molar-refractivity contribution in [2.75, 3.05) is 42.4 Å². The molecule has 0 aliphatic rings. The average Bonchev–Trinajstić information content (AvgIpc) is 2.89. The van der Waals surface area contributed by atoms with Crippen molar-refractivity contribution in [3.63, 3.8) is 0 Å². The van der Waals surface area contributed by atoms with Gasteiger partial charge in [0.25, 0.3) is 0 Å². The third-order valence-electron chi connectivity index (χ3n) is 8.29. The van der Waals surface area contributed by atoms with Crippen LogP contribution in [0.5, 0.6) is 11.5 Å². The number of nitrogens with zero attached hydrogens (tertiary/aromatic N) is 2. The molecular weight excluding hydrogens is 452 g/mol. The van der Waals surface area contributed by atoms with Gasteiger partial charge in [-0.25, -0.2) is 0 Å². The van der Waals surface area contributed by atoms with Crippen molar-refractivity contribution in [3.05, 3.63) is 59.7 Å². The number of methoxy groups -OCH3 is 2. The zero-order valence-electron chi connectivity index (χ0n) is 23.9. The third-order valence-corrected chi connectivity index (χ3v) is 8.29. The molecule has 202 valence electrons. The molecule has 0 amide bonds. The highest BCUT2D eigenvalue weighted by Crippen LogP contribution is 2.44. The fourth-order valence-electron chi connectivity index (χ4n) is 6.02. The van der Waals surface area contributed by atoms with Gasteiger partial charge in [-0.15, -0.1) is 0 Å². The quantitative estimate of drug-likeness (QED) is 0.415. The van der Waals surface area contributed by atoms with Crippen molar-refractivity contribution in [3.8, 4) is 11.5 Å². The van der Waals surface area contributed by atoms with Gasteiger partial charge in [-0.05, 0) is 76.4 Å². The Hall–Kier alpha value is -2.12. The Morgan fingerprint density at radius 1 is 0.694 bits per heavy atom. The molecule has 4 unspecified atom stereocenters. The molecule has 0 aliphatic carbocycles. The van der Waals surface area contributed by atoms with E-state index in [-0.39, 0.29) is 23.9 Å². The van der Waals surface area contributed by atoms with E-state index in [4.69, 9.17) is 9.47 Å². The predicted octanol–water partition coefficient (Wildman–Crippen LogP) is 4.73. The Morgan fingerprint density at radius 3 is 1.28 bits per heavy atom. The van der Waals surface area contributed by atoms with Crippen molar-refractivity contribution in [2.24, 2.45) is 11.8 Å². The largest absolute Gasteiger partial charge is 0.497 e. The van der Waals surface area contributed by atoms with E-state index in [2.05, 4.69) is 51.8 Å². The molecule has 0 bridgehead atoms. The summed E-state index contributed by atoms with van der Waals surface area (Å²) in [6.45, 7) is 8.28. The zero-order valence-corrected chi connectivity index (χ0v) is 23.9. The molecule has 2 aromatic carbocycles. The van der Waals surface area contributed by atoms with E-state index in [0.29, 0.717) is 12.8 Å². The lowest BCUT2D eigenvalue weighted by molar-refractivity contribution is -0.104. The summed E-state index contributed by atoms with van der Waals surface area (Å²) in [7, 11) is 11.5. The summed E-state index contributed by atoms with van der Waals surface area (Å²) in [5.41, 5.74) is -0.491. The van der Waals surface area contributed by atoms with Crippen LogP contribution in [0.15, 0.2) is 48.5 Å². The van der Waals surface area contributed by atoms with E-state index in [1.54, 1.807) is 14.2 Å². The second kappa shape index (κ2) is 12.4. The smallest absolute Gasteiger partial charge is 0.119 e. The number of rotatable bonds is 13. The third kappa shape index (κ3) is 5.88. The van der Waals surface area contributed by atoms with Crippen molar-refractivity contribution >= 4 is 0 Å². The second-order valence-corrected chi connectivity index (χ2v) is 10.5. The molecule has 6 atom stereocenters. The fourth-order valence-corrected chi connectivity index (χ4v) is 6.02. The highest BCUT2D eigenvalue weighted by Gasteiger charge is 2.49. The summed E-state index contributed by atoms with van der Waals surface area (Å²) in [6.07, 6.45) is 1.10. The van der Waals surface area contributed by atoms with Gasteiger partial charge < -0.3 is 29.5 Å². The molecule has 0 saturated carbocycles. The van der Waals surface area contributed by atoms with Gasteiger partial charge in [-0.1, -0.05) is 52.0 Å². The van der Waals surface area contributed by atoms with E-state index < -0.39 is 11.2 Å². The number of aliphatic hydroxyl groups is 2. The molecule has 0 heterocycles. The maximum absolute atomic E-state index is 12.2. The first-order chi connectivity index (χ1) is 16.9. The van der Waals surface area contributed by atoms with Crippen LogP contribution in [0.4, 0.5) is 0 Å². The topological polar surface area (TPSA) is 65.4 Å². The molecule has 6 heteroatoms. The minimum absolute atomic E-state index is 0.0742. The van der Waals surface area contributed by atoms with Gasteiger partial charge in [-0.3, -0.25) is 0 Å². The average molecular weight is 501 g/mol. The Bertz CT molecular complexity index is 888. The molecule has 0 fully saturated rings. The first-order valence-electron chi connectivity index (χ1n) is 13.0. The molecule has 2 N–H and O–H groups in total. The van der Waals surface area contributed by atoms with Crippen molar-refractivity contribution < 1.29 is 19.7 Å². The minimum atomic E-state index is -1.09. The van der Waals surface area contributed by atoms with Crippen LogP contribution in [0.25, 0.3) is 0 Å². The van der Waals surface area contributed by atoms with Crippen LogP contribution in [0.1, 0.15) is 51.7 Å². The fraction of sp³-hybridized carbons (Fsp3) is 0.600. The number of hydrogen-bond acceptors (Lipinski definition) is 6. The van der Waals surface area contributed by atoms with Crippen LogP contribution in [0.2, 0.25) is 0 Å². The summed E-state index contributed by atoms with van der Waals surface area (Å²) < 4.78 is 10.9. The molecule has 0 aromatic heterocycles. The predicted molar refractivity (Wildman–Crippen MR) is 148 cm³/mol. The summed E-state index contributed by atoms with van der Waals surface area (Å²) in [6, 6.07) is 15.3. The van der Waals surface area contributed by atoms with Crippen LogP contribution >= 0.6 is 0 Å². The monoisotopic (exact) mass is 500 g/mol. The van der Waals surface area contributed by atoms with E-state index >= 15 is 0 Å². The molecule has 0 saturated heterocycles. The van der Waals surface area contributed by atoms with Gasteiger partial charge >= 0.3 is 0 Å². The lowest BCUT2D eigenvalue weighted by Gasteiger charge is -2.51. The van der Waals surface area contributed by atoms with Gasteiger partial charge in [0, 0.05) is 23.9 Å². The van der Waals surface area contributed by atoms with Crippen LogP contribution in [0, 0.1) is 11.8 Å². The lowest BCUT2D eigenvalue weighted by atomic mass is 9.68. The summed E-state index contributed by atoms with van der Waals surface area (Å²) >= 11 is 0.